The molecule has 0 bridgehead atoms. The van der Waals surface area contributed by atoms with Gasteiger partial charge in [-0.15, -0.1) is 0 Å². The molecule has 0 aromatic heterocycles. The molecule has 0 aliphatic carbocycles. The van der Waals surface area contributed by atoms with Crippen LogP contribution in [0.2, 0.25) is 0 Å². The number of nitrogens with zero attached hydrogens (tertiary/aromatic N) is 3. The van der Waals surface area contributed by atoms with Gasteiger partial charge in [0.25, 0.3) is 11.6 Å². The van der Waals surface area contributed by atoms with Crippen molar-refractivity contribution in [2.45, 2.75) is 27.2 Å². The van der Waals surface area contributed by atoms with Gasteiger partial charge in [-0.1, -0.05) is 13.8 Å². The smallest absolute Gasteiger partial charge is 0.286 e. The highest BCUT2D eigenvalue weighted by Crippen LogP contribution is 2.35. The summed E-state index contributed by atoms with van der Waals surface area (Å²) in [4.78, 5) is 27.9. The van der Waals surface area contributed by atoms with Crippen LogP contribution < -0.4 is 9.47 Å². The van der Waals surface area contributed by atoms with Gasteiger partial charge in [0.2, 0.25) is 0 Å². The van der Waals surface area contributed by atoms with Crippen molar-refractivity contribution in [3.05, 3.63) is 27.8 Å². The quantitative estimate of drug-likeness (QED) is 0.510. The van der Waals surface area contributed by atoms with Crippen LogP contribution in [-0.2, 0) is 0 Å². The standard InChI is InChI=1S/C19H29N3O5/c1-5-27-18-12-15(16(22(24)25)13-17(18)26-4)19(23)21-10-8-20(9-11-21)7-6-14(2)3/h12-14H,5-11H2,1-4H3. The number of benzene rings is 1. The van der Waals surface area contributed by atoms with Crippen molar-refractivity contribution in [1.29, 1.82) is 0 Å². The van der Waals surface area contributed by atoms with Crippen molar-refractivity contribution in [2.24, 2.45) is 5.92 Å². The molecule has 1 aliphatic rings. The van der Waals surface area contributed by atoms with Crippen molar-refractivity contribution in [3.8, 4) is 11.5 Å². The second-order valence-electron chi connectivity index (χ2n) is 7.03. The summed E-state index contributed by atoms with van der Waals surface area (Å²) in [5.41, 5.74) is -0.220. The molecule has 0 radical (unpaired) electrons. The first kappa shape index (κ1) is 21.0. The van der Waals surface area contributed by atoms with Gasteiger partial charge in [0.05, 0.1) is 24.7 Å². The van der Waals surface area contributed by atoms with E-state index in [1.165, 1.54) is 19.2 Å². The molecule has 8 nitrogen and oxygen atoms in total. The lowest BCUT2D eigenvalue weighted by molar-refractivity contribution is -0.385. The van der Waals surface area contributed by atoms with E-state index < -0.39 is 4.92 Å². The van der Waals surface area contributed by atoms with Crippen LogP contribution in [0.3, 0.4) is 0 Å². The van der Waals surface area contributed by atoms with Crippen LogP contribution in [0.4, 0.5) is 5.69 Å². The number of nitro benzene ring substituents is 1. The molecule has 1 aliphatic heterocycles. The molecule has 0 atom stereocenters. The fourth-order valence-corrected chi connectivity index (χ4v) is 3.09. The zero-order valence-electron chi connectivity index (χ0n) is 16.6. The summed E-state index contributed by atoms with van der Waals surface area (Å²) < 4.78 is 10.7. The predicted molar refractivity (Wildman–Crippen MR) is 103 cm³/mol. The molecule has 1 fully saturated rings. The summed E-state index contributed by atoms with van der Waals surface area (Å²) in [5, 5.41) is 11.5. The van der Waals surface area contributed by atoms with Crippen molar-refractivity contribution < 1.29 is 19.2 Å². The van der Waals surface area contributed by atoms with Gasteiger partial charge in [0.1, 0.15) is 5.56 Å². The fourth-order valence-electron chi connectivity index (χ4n) is 3.09. The highest BCUT2D eigenvalue weighted by atomic mass is 16.6. The van der Waals surface area contributed by atoms with E-state index in [9.17, 15) is 14.9 Å². The Kier molecular flexibility index (Phi) is 7.41. The highest BCUT2D eigenvalue weighted by molar-refractivity contribution is 5.99. The summed E-state index contributed by atoms with van der Waals surface area (Å²) in [6.07, 6.45) is 1.12. The molecule has 0 spiro atoms. The van der Waals surface area contributed by atoms with Crippen molar-refractivity contribution in [3.63, 3.8) is 0 Å². The predicted octanol–water partition coefficient (Wildman–Crippen LogP) is 2.81. The molecule has 0 unspecified atom stereocenters. The van der Waals surface area contributed by atoms with E-state index in [2.05, 4.69) is 18.7 Å². The van der Waals surface area contributed by atoms with Crippen molar-refractivity contribution in [2.75, 3.05) is 46.4 Å². The van der Waals surface area contributed by atoms with E-state index in [0.717, 1.165) is 26.1 Å². The number of carbonyl (C=O) groups excluding carboxylic acids is 1. The van der Waals surface area contributed by atoms with Gasteiger partial charge in [-0.2, -0.15) is 0 Å². The van der Waals surface area contributed by atoms with Gasteiger partial charge in [-0.25, -0.2) is 0 Å². The Morgan fingerprint density at radius 3 is 2.41 bits per heavy atom. The molecule has 0 N–H and O–H groups in total. The number of nitro groups is 1. The lowest BCUT2D eigenvalue weighted by atomic mass is 10.1. The van der Waals surface area contributed by atoms with Crippen molar-refractivity contribution in [1.82, 2.24) is 9.80 Å². The average molecular weight is 379 g/mol. The zero-order valence-corrected chi connectivity index (χ0v) is 16.6. The fraction of sp³-hybridized carbons (Fsp3) is 0.632. The maximum atomic E-state index is 13.0. The number of methoxy groups -OCH3 is 1. The molecule has 1 saturated heterocycles. The summed E-state index contributed by atoms with van der Waals surface area (Å²) in [7, 11) is 1.42. The topological polar surface area (TPSA) is 85.2 Å². The molecule has 1 amide bonds. The van der Waals surface area contributed by atoms with Gasteiger partial charge in [-0.3, -0.25) is 19.8 Å². The molecular formula is C19H29N3O5. The molecular weight excluding hydrogens is 350 g/mol. The number of ether oxygens (including phenoxy) is 2. The molecule has 2 rings (SSSR count). The molecule has 8 heteroatoms. The molecule has 1 aromatic carbocycles. The van der Waals surface area contributed by atoms with Crippen LogP contribution in [-0.4, -0.2) is 67.1 Å². The van der Waals surface area contributed by atoms with Gasteiger partial charge >= 0.3 is 0 Å². The molecule has 0 saturated carbocycles. The summed E-state index contributed by atoms with van der Waals surface area (Å²) in [6, 6.07) is 2.69. The largest absolute Gasteiger partial charge is 0.493 e. The third kappa shape index (κ3) is 5.32. The van der Waals surface area contributed by atoms with Crippen LogP contribution in [0.15, 0.2) is 12.1 Å². The first-order chi connectivity index (χ1) is 12.9. The van der Waals surface area contributed by atoms with Crippen LogP contribution in [0.25, 0.3) is 0 Å². The number of piperazine rings is 1. The lowest BCUT2D eigenvalue weighted by Gasteiger charge is -2.35. The maximum Gasteiger partial charge on any atom is 0.286 e. The summed E-state index contributed by atoms with van der Waals surface area (Å²) in [6.45, 7) is 10.2. The first-order valence-electron chi connectivity index (χ1n) is 9.38. The summed E-state index contributed by atoms with van der Waals surface area (Å²) in [5.74, 6) is 0.889. The Balaban J connectivity index is 2.18. The van der Waals surface area contributed by atoms with E-state index in [1.54, 1.807) is 11.8 Å². The first-order valence-corrected chi connectivity index (χ1v) is 9.38. The molecule has 150 valence electrons. The summed E-state index contributed by atoms with van der Waals surface area (Å²) >= 11 is 0. The minimum absolute atomic E-state index is 0.0416. The van der Waals surface area contributed by atoms with E-state index >= 15 is 0 Å². The number of carbonyl (C=O) groups is 1. The van der Waals surface area contributed by atoms with Crippen LogP contribution in [0.5, 0.6) is 11.5 Å². The van der Waals surface area contributed by atoms with Crippen LogP contribution in [0.1, 0.15) is 37.6 Å². The minimum atomic E-state index is -0.551. The Bertz CT molecular complexity index is 670. The van der Waals surface area contributed by atoms with E-state index in [0.29, 0.717) is 31.4 Å². The number of rotatable bonds is 8. The molecule has 1 aromatic rings. The number of hydrogen-bond donors (Lipinski definition) is 0. The Morgan fingerprint density at radius 1 is 1.22 bits per heavy atom. The molecule has 1 heterocycles. The zero-order chi connectivity index (χ0) is 20.0. The Hall–Kier alpha value is -2.35. The average Bonchev–Trinajstić information content (AvgIpc) is 2.66. The molecule has 27 heavy (non-hydrogen) atoms. The van der Waals surface area contributed by atoms with Crippen LogP contribution >= 0.6 is 0 Å². The number of amides is 1. The van der Waals surface area contributed by atoms with E-state index in [4.69, 9.17) is 9.47 Å². The van der Waals surface area contributed by atoms with Gasteiger partial charge < -0.3 is 14.4 Å². The monoisotopic (exact) mass is 379 g/mol. The Morgan fingerprint density at radius 2 is 1.89 bits per heavy atom. The normalized spacial score (nSPS) is 15.1. The second kappa shape index (κ2) is 9.55. The van der Waals surface area contributed by atoms with E-state index in [-0.39, 0.29) is 22.9 Å². The Labute approximate surface area is 160 Å². The number of hydrogen-bond acceptors (Lipinski definition) is 6. The van der Waals surface area contributed by atoms with Gasteiger partial charge in [0.15, 0.2) is 11.5 Å². The van der Waals surface area contributed by atoms with Crippen LogP contribution in [0, 0.1) is 16.0 Å². The second-order valence-corrected chi connectivity index (χ2v) is 7.03. The maximum absolute atomic E-state index is 13.0. The van der Waals surface area contributed by atoms with Gasteiger partial charge in [-0.05, 0) is 25.8 Å². The highest BCUT2D eigenvalue weighted by Gasteiger charge is 2.29. The SMILES string of the molecule is CCOc1cc(C(=O)N2CCN(CCC(C)C)CC2)c([N+](=O)[O-])cc1OC. The lowest BCUT2D eigenvalue weighted by Crippen LogP contribution is -2.49. The minimum Gasteiger partial charge on any atom is -0.493 e. The third-order valence-electron chi connectivity index (χ3n) is 4.69. The van der Waals surface area contributed by atoms with Gasteiger partial charge in [0, 0.05) is 32.2 Å². The van der Waals surface area contributed by atoms with Crippen molar-refractivity contribution >= 4 is 11.6 Å². The third-order valence-corrected chi connectivity index (χ3v) is 4.69. The van der Waals surface area contributed by atoms with E-state index in [1.807, 2.05) is 0 Å².